The molecule has 1 aliphatic heterocycles. The summed E-state index contributed by atoms with van der Waals surface area (Å²) in [5.74, 6) is 1.37. The van der Waals surface area contributed by atoms with Crippen LogP contribution in [0.5, 0.6) is 0 Å². The zero-order valence-corrected chi connectivity index (χ0v) is 9.96. The minimum Gasteiger partial charge on any atom is -0.378 e. The average molecular weight is 247 g/mol. The second kappa shape index (κ2) is 4.79. The Kier molecular flexibility index (Phi) is 2.99. The average Bonchev–Trinajstić information content (AvgIpc) is 2.90. The number of aromatic nitrogens is 4. The summed E-state index contributed by atoms with van der Waals surface area (Å²) in [6, 6.07) is -0.0505. The fraction of sp³-hybridized carbons (Fsp3) is 0.455. The molecule has 2 aromatic rings. The number of rotatable bonds is 2. The molecule has 7 nitrogen and oxygen atoms in total. The third-order valence-corrected chi connectivity index (χ3v) is 2.64. The molecule has 0 spiro atoms. The predicted molar refractivity (Wildman–Crippen MR) is 61.6 cm³/mol. The number of nitrogens with zero attached hydrogens (tertiary/aromatic N) is 4. The number of ether oxygens (including phenoxy) is 1. The molecule has 1 fully saturated rings. The van der Waals surface area contributed by atoms with Gasteiger partial charge in [-0.2, -0.15) is 4.98 Å². The Balaban J connectivity index is 1.82. The standard InChI is InChI=1S/C11H13N5O2/c1-7-4-13-9(14-5-7)10-15-11(18-16-10)8-6-17-3-2-12-8/h4-5,8,12H,2-3,6H2,1H3. The molecular formula is C11H13N5O2. The molecule has 3 heterocycles. The van der Waals surface area contributed by atoms with Gasteiger partial charge in [-0.1, -0.05) is 5.16 Å². The lowest BCUT2D eigenvalue weighted by Crippen LogP contribution is -2.34. The van der Waals surface area contributed by atoms with Gasteiger partial charge in [0.2, 0.25) is 17.5 Å². The van der Waals surface area contributed by atoms with Gasteiger partial charge >= 0.3 is 0 Å². The van der Waals surface area contributed by atoms with E-state index in [1.165, 1.54) is 0 Å². The summed E-state index contributed by atoms with van der Waals surface area (Å²) in [7, 11) is 0. The zero-order chi connectivity index (χ0) is 12.4. The molecule has 1 N–H and O–H groups in total. The quantitative estimate of drug-likeness (QED) is 0.826. The van der Waals surface area contributed by atoms with Crippen LogP contribution in [0.3, 0.4) is 0 Å². The third-order valence-electron chi connectivity index (χ3n) is 2.64. The highest BCUT2D eigenvalue weighted by Gasteiger charge is 2.22. The van der Waals surface area contributed by atoms with E-state index in [1.807, 2.05) is 6.92 Å². The number of hydrogen-bond donors (Lipinski definition) is 1. The van der Waals surface area contributed by atoms with E-state index in [-0.39, 0.29) is 6.04 Å². The lowest BCUT2D eigenvalue weighted by atomic mass is 10.3. The van der Waals surface area contributed by atoms with Crippen LogP contribution >= 0.6 is 0 Å². The number of aryl methyl sites for hydroxylation is 1. The second-order valence-electron chi connectivity index (χ2n) is 4.12. The van der Waals surface area contributed by atoms with Gasteiger partial charge in [-0.05, 0) is 12.5 Å². The van der Waals surface area contributed by atoms with Crippen LogP contribution < -0.4 is 5.32 Å². The smallest absolute Gasteiger partial charge is 0.246 e. The van der Waals surface area contributed by atoms with E-state index in [2.05, 4.69) is 25.4 Å². The third kappa shape index (κ3) is 2.22. The molecule has 0 bridgehead atoms. The summed E-state index contributed by atoms with van der Waals surface area (Å²) >= 11 is 0. The van der Waals surface area contributed by atoms with Crippen molar-refractivity contribution in [2.45, 2.75) is 13.0 Å². The van der Waals surface area contributed by atoms with Gasteiger partial charge in [0.15, 0.2) is 0 Å². The van der Waals surface area contributed by atoms with Gasteiger partial charge in [0, 0.05) is 18.9 Å². The minimum absolute atomic E-state index is 0.0505. The van der Waals surface area contributed by atoms with Crippen LogP contribution in [0.25, 0.3) is 11.6 Å². The summed E-state index contributed by atoms with van der Waals surface area (Å²) in [5, 5.41) is 7.13. The van der Waals surface area contributed by atoms with E-state index < -0.39 is 0 Å². The van der Waals surface area contributed by atoms with E-state index in [4.69, 9.17) is 9.26 Å². The number of hydrogen-bond acceptors (Lipinski definition) is 7. The first-order chi connectivity index (χ1) is 8.83. The maximum absolute atomic E-state index is 5.35. The molecule has 94 valence electrons. The SMILES string of the molecule is Cc1cnc(-c2noc(C3COCCN3)n2)nc1. The van der Waals surface area contributed by atoms with E-state index in [0.717, 1.165) is 12.1 Å². The Morgan fingerprint density at radius 2 is 2.11 bits per heavy atom. The number of morpholine rings is 1. The summed E-state index contributed by atoms with van der Waals surface area (Å²) in [6.45, 7) is 3.95. The van der Waals surface area contributed by atoms with Crippen molar-refractivity contribution in [3.63, 3.8) is 0 Å². The van der Waals surface area contributed by atoms with Crippen molar-refractivity contribution >= 4 is 0 Å². The van der Waals surface area contributed by atoms with E-state index in [1.54, 1.807) is 12.4 Å². The highest BCUT2D eigenvalue weighted by Crippen LogP contribution is 2.17. The van der Waals surface area contributed by atoms with Crippen molar-refractivity contribution in [3.05, 3.63) is 23.8 Å². The van der Waals surface area contributed by atoms with Gasteiger partial charge in [0.05, 0.1) is 13.2 Å². The molecule has 3 rings (SSSR count). The van der Waals surface area contributed by atoms with Crippen LogP contribution in [-0.2, 0) is 4.74 Å². The summed E-state index contributed by atoms with van der Waals surface area (Å²) in [5.41, 5.74) is 0.991. The fourth-order valence-electron chi connectivity index (χ4n) is 1.70. The zero-order valence-electron chi connectivity index (χ0n) is 9.96. The van der Waals surface area contributed by atoms with Gasteiger partial charge in [-0.25, -0.2) is 9.97 Å². The second-order valence-corrected chi connectivity index (χ2v) is 4.12. The summed E-state index contributed by atoms with van der Waals surface area (Å²) < 4.78 is 10.6. The fourth-order valence-corrected chi connectivity index (χ4v) is 1.70. The largest absolute Gasteiger partial charge is 0.378 e. The van der Waals surface area contributed by atoms with Crippen LogP contribution in [0.15, 0.2) is 16.9 Å². The lowest BCUT2D eigenvalue weighted by Gasteiger charge is -2.20. The van der Waals surface area contributed by atoms with Crippen LogP contribution in [0.4, 0.5) is 0 Å². The van der Waals surface area contributed by atoms with E-state index >= 15 is 0 Å². The molecule has 0 amide bonds. The first-order valence-electron chi connectivity index (χ1n) is 5.76. The van der Waals surface area contributed by atoms with E-state index in [0.29, 0.717) is 30.8 Å². The Bertz CT molecular complexity index is 518. The minimum atomic E-state index is -0.0505. The Morgan fingerprint density at radius 1 is 1.28 bits per heavy atom. The molecule has 2 aromatic heterocycles. The van der Waals surface area contributed by atoms with Crippen molar-refractivity contribution in [3.8, 4) is 11.6 Å². The Labute approximate surface area is 104 Å². The van der Waals surface area contributed by atoms with Gasteiger partial charge in [0.25, 0.3) is 0 Å². The van der Waals surface area contributed by atoms with Crippen molar-refractivity contribution in [2.75, 3.05) is 19.8 Å². The van der Waals surface area contributed by atoms with Gasteiger partial charge in [-0.3, -0.25) is 0 Å². The first-order valence-corrected chi connectivity index (χ1v) is 5.76. The Morgan fingerprint density at radius 3 is 2.83 bits per heavy atom. The van der Waals surface area contributed by atoms with Gasteiger partial charge in [0.1, 0.15) is 6.04 Å². The van der Waals surface area contributed by atoms with Crippen LogP contribution in [0.2, 0.25) is 0 Å². The van der Waals surface area contributed by atoms with Gasteiger partial charge < -0.3 is 14.6 Å². The molecular weight excluding hydrogens is 234 g/mol. The Hall–Kier alpha value is -1.86. The van der Waals surface area contributed by atoms with Crippen LogP contribution in [-0.4, -0.2) is 39.9 Å². The molecule has 1 atom stereocenters. The first kappa shape index (κ1) is 11.2. The van der Waals surface area contributed by atoms with Crippen LogP contribution in [0, 0.1) is 6.92 Å². The maximum atomic E-state index is 5.35. The van der Waals surface area contributed by atoms with Crippen molar-refractivity contribution in [2.24, 2.45) is 0 Å². The lowest BCUT2D eigenvalue weighted by molar-refractivity contribution is 0.0659. The van der Waals surface area contributed by atoms with Crippen molar-refractivity contribution < 1.29 is 9.26 Å². The van der Waals surface area contributed by atoms with Crippen LogP contribution in [0.1, 0.15) is 17.5 Å². The molecule has 0 radical (unpaired) electrons. The molecule has 0 saturated carbocycles. The topological polar surface area (TPSA) is 86.0 Å². The van der Waals surface area contributed by atoms with E-state index in [9.17, 15) is 0 Å². The monoisotopic (exact) mass is 247 g/mol. The molecule has 1 unspecified atom stereocenters. The highest BCUT2D eigenvalue weighted by molar-refractivity contribution is 5.41. The molecule has 0 aromatic carbocycles. The molecule has 7 heteroatoms. The van der Waals surface area contributed by atoms with Crippen molar-refractivity contribution in [1.29, 1.82) is 0 Å². The van der Waals surface area contributed by atoms with Gasteiger partial charge in [-0.15, -0.1) is 0 Å². The molecule has 1 aliphatic rings. The molecule has 0 aliphatic carbocycles. The number of nitrogens with one attached hydrogen (secondary N) is 1. The predicted octanol–water partition coefficient (Wildman–Crippen LogP) is 0.496. The maximum Gasteiger partial charge on any atom is 0.246 e. The summed E-state index contributed by atoms with van der Waals surface area (Å²) in [4.78, 5) is 12.6. The molecule has 1 saturated heterocycles. The van der Waals surface area contributed by atoms with Crippen molar-refractivity contribution in [1.82, 2.24) is 25.4 Å². The highest BCUT2D eigenvalue weighted by atomic mass is 16.5. The summed E-state index contributed by atoms with van der Waals surface area (Å²) in [6.07, 6.45) is 3.45. The molecule has 18 heavy (non-hydrogen) atoms. The normalized spacial score (nSPS) is 19.9.